The lowest BCUT2D eigenvalue weighted by molar-refractivity contribution is -0.135. The highest BCUT2D eigenvalue weighted by Gasteiger charge is 2.35. The number of furan rings is 1. The van der Waals surface area contributed by atoms with Gasteiger partial charge in [0.25, 0.3) is 5.91 Å². The van der Waals surface area contributed by atoms with Gasteiger partial charge in [-0.3, -0.25) is 4.79 Å². The number of carbonyl (C=O) groups excluding carboxylic acids is 1. The van der Waals surface area contributed by atoms with Gasteiger partial charge in [0.1, 0.15) is 23.3 Å². The van der Waals surface area contributed by atoms with E-state index in [0.29, 0.717) is 17.9 Å². The van der Waals surface area contributed by atoms with Crippen molar-refractivity contribution in [2.75, 3.05) is 13.7 Å². The lowest BCUT2D eigenvalue weighted by Crippen LogP contribution is -2.31. The van der Waals surface area contributed by atoms with Crippen LogP contribution in [0.3, 0.4) is 0 Å². The number of hydrazone groups is 1. The number of amides is 1. The molecule has 1 aromatic heterocycles. The van der Waals surface area contributed by atoms with Crippen LogP contribution >= 0.6 is 15.9 Å². The summed E-state index contributed by atoms with van der Waals surface area (Å²) in [7, 11) is 1.63. The molecule has 29 heavy (non-hydrogen) atoms. The minimum atomic E-state index is -0.308. The molecule has 0 N–H and O–H groups in total. The Morgan fingerprint density at radius 1 is 1.17 bits per heavy atom. The van der Waals surface area contributed by atoms with Crippen LogP contribution in [0.2, 0.25) is 0 Å². The van der Waals surface area contributed by atoms with Gasteiger partial charge in [-0.15, -0.1) is 0 Å². The van der Waals surface area contributed by atoms with Crippen molar-refractivity contribution >= 4 is 27.5 Å². The van der Waals surface area contributed by atoms with E-state index in [0.717, 1.165) is 21.5 Å². The van der Waals surface area contributed by atoms with E-state index in [4.69, 9.17) is 13.9 Å². The van der Waals surface area contributed by atoms with Crippen LogP contribution in [0.25, 0.3) is 0 Å². The molecule has 4 rings (SSSR count). The molecule has 2 aromatic carbocycles. The second kappa shape index (κ2) is 8.53. The zero-order chi connectivity index (χ0) is 20.2. The highest BCUT2D eigenvalue weighted by molar-refractivity contribution is 9.10. The van der Waals surface area contributed by atoms with E-state index >= 15 is 0 Å². The Labute approximate surface area is 176 Å². The Morgan fingerprint density at radius 3 is 2.66 bits per heavy atom. The van der Waals surface area contributed by atoms with Crippen molar-refractivity contribution in [1.29, 1.82) is 0 Å². The van der Waals surface area contributed by atoms with E-state index in [2.05, 4.69) is 21.0 Å². The van der Waals surface area contributed by atoms with Gasteiger partial charge in [-0.05, 0) is 70.0 Å². The van der Waals surface area contributed by atoms with Gasteiger partial charge in [-0.25, -0.2) is 5.01 Å². The van der Waals surface area contributed by atoms with E-state index in [1.807, 2.05) is 48.5 Å². The average molecular weight is 455 g/mol. The normalized spacial score (nSPS) is 15.9. The quantitative estimate of drug-likeness (QED) is 0.536. The molecule has 0 bridgehead atoms. The Morgan fingerprint density at radius 2 is 1.97 bits per heavy atom. The summed E-state index contributed by atoms with van der Waals surface area (Å²) < 4.78 is 17.3. The Hall–Kier alpha value is -3.06. The van der Waals surface area contributed by atoms with Crippen LogP contribution in [0.15, 0.2) is 80.9 Å². The first kappa shape index (κ1) is 19.3. The lowest BCUT2D eigenvalue weighted by atomic mass is 10.0. The van der Waals surface area contributed by atoms with Crippen LogP contribution < -0.4 is 9.47 Å². The third-order valence-corrected chi connectivity index (χ3v) is 5.30. The number of halogens is 1. The number of benzene rings is 2. The molecule has 3 aromatic rings. The molecular weight excluding hydrogens is 436 g/mol. The topological polar surface area (TPSA) is 64.3 Å². The summed E-state index contributed by atoms with van der Waals surface area (Å²) in [5.74, 6) is 1.82. The first-order valence-corrected chi connectivity index (χ1v) is 9.89. The van der Waals surface area contributed by atoms with Crippen LogP contribution in [-0.2, 0) is 4.79 Å². The zero-order valence-corrected chi connectivity index (χ0v) is 17.3. The molecule has 0 saturated heterocycles. The highest BCUT2D eigenvalue weighted by Crippen LogP contribution is 2.33. The van der Waals surface area contributed by atoms with Crippen molar-refractivity contribution in [1.82, 2.24) is 5.01 Å². The van der Waals surface area contributed by atoms with Gasteiger partial charge in [-0.1, -0.05) is 12.1 Å². The summed E-state index contributed by atoms with van der Waals surface area (Å²) in [5.41, 5.74) is 1.74. The van der Waals surface area contributed by atoms with E-state index in [9.17, 15) is 4.79 Å². The van der Waals surface area contributed by atoms with Crippen molar-refractivity contribution in [2.45, 2.75) is 12.5 Å². The van der Waals surface area contributed by atoms with Gasteiger partial charge < -0.3 is 13.9 Å². The maximum absolute atomic E-state index is 12.9. The van der Waals surface area contributed by atoms with Gasteiger partial charge >= 0.3 is 0 Å². The molecular formula is C22H19BrN2O4. The average Bonchev–Trinajstić information content (AvgIpc) is 3.43. The molecule has 1 aliphatic rings. The predicted molar refractivity (Wildman–Crippen MR) is 112 cm³/mol. The Kier molecular flexibility index (Phi) is 5.67. The molecule has 0 fully saturated rings. The summed E-state index contributed by atoms with van der Waals surface area (Å²) in [6.07, 6.45) is 2.15. The molecule has 148 valence electrons. The zero-order valence-electron chi connectivity index (χ0n) is 15.7. The molecule has 1 amide bonds. The van der Waals surface area contributed by atoms with Gasteiger partial charge in [0.2, 0.25) is 0 Å². The number of hydrogen-bond donors (Lipinski definition) is 0. The summed E-state index contributed by atoms with van der Waals surface area (Å²) in [6.45, 7) is -0.126. The fraction of sp³-hybridized carbons (Fsp3) is 0.182. The first-order chi connectivity index (χ1) is 14.2. The second-order valence-electron chi connectivity index (χ2n) is 6.47. The number of hydrogen-bond acceptors (Lipinski definition) is 5. The summed E-state index contributed by atoms with van der Waals surface area (Å²) in [6, 6.07) is 18.4. The van der Waals surface area contributed by atoms with Crippen LogP contribution in [0.1, 0.15) is 23.8 Å². The van der Waals surface area contributed by atoms with Crippen molar-refractivity contribution in [3.63, 3.8) is 0 Å². The smallest absolute Gasteiger partial charge is 0.281 e. The molecule has 0 spiro atoms. The molecule has 0 aliphatic carbocycles. The highest BCUT2D eigenvalue weighted by atomic mass is 79.9. The summed E-state index contributed by atoms with van der Waals surface area (Å²) >= 11 is 3.42. The SMILES string of the molecule is COc1ccc(C2=NN(C(=O)COc3ccccc3Br)C(c3ccco3)C2)cc1. The molecule has 0 saturated carbocycles. The number of carbonyl (C=O) groups is 1. The number of nitrogens with zero attached hydrogens (tertiary/aromatic N) is 2. The van der Waals surface area contributed by atoms with Crippen molar-refractivity contribution in [3.8, 4) is 11.5 Å². The Balaban J connectivity index is 1.55. The van der Waals surface area contributed by atoms with Crippen LogP contribution in [-0.4, -0.2) is 30.3 Å². The largest absolute Gasteiger partial charge is 0.497 e. The van der Waals surface area contributed by atoms with Crippen LogP contribution in [0.4, 0.5) is 0 Å². The predicted octanol–water partition coefficient (Wildman–Crippen LogP) is 4.81. The monoisotopic (exact) mass is 454 g/mol. The summed E-state index contributed by atoms with van der Waals surface area (Å²) in [5, 5.41) is 6.05. The number of methoxy groups -OCH3 is 1. The van der Waals surface area contributed by atoms with E-state index in [1.165, 1.54) is 5.01 Å². The van der Waals surface area contributed by atoms with Gasteiger partial charge in [0.05, 0.1) is 23.6 Å². The van der Waals surface area contributed by atoms with Gasteiger partial charge in [0.15, 0.2) is 6.61 Å². The molecule has 2 heterocycles. The van der Waals surface area contributed by atoms with E-state index in [-0.39, 0.29) is 18.6 Å². The number of rotatable bonds is 6. The van der Waals surface area contributed by atoms with Crippen molar-refractivity contribution in [2.24, 2.45) is 5.10 Å². The Bertz CT molecular complexity index is 1020. The van der Waals surface area contributed by atoms with Gasteiger partial charge in [0, 0.05) is 6.42 Å². The standard InChI is InChI=1S/C22H19BrN2O4/c1-27-16-10-8-15(9-11-16)18-13-19(21-7-4-12-28-21)25(24-18)22(26)14-29-20-6-3-2-5-17(20)23/h2-12,19H,13-14H2,1H3. The molecule has 6 nitrogen and oxygen atoms in total. The third kappa shape index (κ3) is 4.19. The molecule has 7 heteroatoms. The van der Waals surface area contributed by atoms with Crippen LogP contribution in [0, 0.1) is 0 Å². The fourth-order valence-corrected chi connectivity index (χ4v) is 3.57. The maximum atomic E-state index is 12.9. The van der Waals surface area contributed by atoms with Gasteiger partial charge in [-0.2, -0.15) is 5.10 Å². The number of para-hydroxylation sites is 1. The van der Waals surface area contributed by atoms with E-state index < -0.39 is 0 Å². The van der Waals surface area contributed by atoms with Crippen LogP contribution in [0.5, 0.6) is 11.5 Å². The van der Waals surface area contributed by atoms with Crippen molar-refractivity contribution < 1.29 is 18.7 Å². The number of ether oxygens (including phenoxy) is 2. The van der Waals surface area contributed by atoms with E-state index in [1.54, 1.807) is 25.5 Å². The molecule has 1 atom stereocenters. The summed E-state index contributed by atoms with van der Waals surface area (Å²) in [4.78, 5) is 12.9. The molecule has 1 aliphatic heterocycles. The minimum absolute atomic E-state index is 0.126. The maximum Gasteiger partial charge on any atom is 0.281 e. The minimum Gasteiger partial charge on any atom is -0.497 e. The molecule has 0 radical (unpaired) electrons. The lowest BCUT2D eigenvalue weighted by Gasteiger charge is -2.20. The second-order valence-corrected chi connectivity index (χ2v) is 7.32. The molecule has 1 unspecified atom stereocenters. The first-order valence-electron chi connectivity index (χ1n) is 9.10. The third-order valence-electron chi connectivity index (χ3n) is 4.65. The van der Waals surface area contributed by atoms with Crippen molar-refractivity contribution in [3.05, 3.63) is 82.7 Å². The fourth-order valence-electron chi connectivity index (χ4n) is 3.17.